The second-order valence-electron chi connectivity index (χ2n) is 7.22. The number of benzene rings is 2. The maximum Gasteiger partial charge on any atom is 0.231 e. The minimum atomic E-state index is -0.223. The number of anilines is 1. The summed E-state index contributed by atoms with van der Waals surface area (Å²) in [6.07, 6.45) is 3.66. The first-order valence-electron chi connectivity index (χ1n) is 9.33. The molecule has 4 nitrogen and oxygen atoms in total. The molecule has 0 aliphatic carbocycles. The lowest BCUT2D eigenvalue weighted by Gasteiger charge is -2.32. The van der Waals surface area contributed by atoms with Crippen LogP contribution in [0.2, 0.25) is 0 Å². The van der Waals surface area contributed by atoms with Crippen molar-refractivity contribution in [2.75, 3.05) is 24.8 Å². The molecule has 5 heteroatoms. The van der Waals surface area contributed by atoms with E-state index in [0.717, 1.165) is 23.8 Å². The van der Waals surface area contributed by atoms with E-state index in [4.69, 9.17) is 14.2 Å². The van der Waals surface area contributed by atoms with Crippen molar-refractivity contribution in [3.05, 3.63) is 47.5 Å². The Morgan fingerprint density at radius 2 is 1.85 bits per heavy atom. The topological polar surface area (TPSA) is 30.9 Å². The fourth-order valence-corrected chi connectivity index (χ4v) is 5.52. The molecule has 3 aliphatic rings. The summed E-state index contributed by atoms with van der Waals surface area (Å²) < 4.78 is 17.4. The zero-order valence-electron chi connectivity index (χ0n) is 14.8. The summed E-state index contributed by atoms with van der Waals surface area (Å²) >= 11 is 4.05. The Morgan fingerprint density at radius 1 is 1.04 bits per heavy atom. The standard InChI is InChI=1S/C21H22BrNO3/c1-2-3-6-9-23-16-8-5-4-7-14(16)21(20(23)22)12-24-17-11-19-18(10-15(17)21)25-13-26-19/h4-5,7-8,10-11,20H,2-3,6,9,12-13H2,1H3. The third-order valence-electron chi connectivity index (χ3n) is 5.79. The molecule has 0 saturated heterocycles. The second-order valence-corrected chi connectivity index (χ2v) is 8.08. The Kier molecular flexibility index (Phi) is 3.82. The van der Waals surface area contributed by atoms with Gasteiger partial charge < -0.3 is 19.1 Å². The van der Waals surface area contributed by atoms with Crippen molar-refractivity contribution < 1.29 is 14.2 Å². The number of halogens is 1. The normalized spacial score (nSPS) is 24.7. The van der Waals surface area contributed by atoms with Gasteiger partial charge in [0, 0.05) is 23.9 Å². The summed E-state index contributed by atoms with van der Waals surface area (Å²) in [5.41, 5.74) is 3.60. The lowest BCUT2D eigenvalue weighted by Crippen LogP contribution is -2.43. The van der Waals surface area contributed by atoms with Gasteiger partial charge >= 0.3 is 0 Å². The maximum atomic E-state index is 6.17. The lowest BCUT2D eigenvalue weighted by molar-refractivity contribution is 0.173. The van der Waals surface area contributed by atoms with E-state index in [-0.39, 0.29) is 17.2 Å². The Bertz CT molecular complexity index is 855. The van der Waals surface area contributed by atoms with E-state index < -0.39 is 0 Å². The number of nitrogens with zero attached hydrogens (tertiary/aromatic N) is 1. The Morgan fingerprint density at radius 3 is 2.69 bits per heavy atom. The summed E-state index contributed by atoms with van der Waals surface area (Å²) in [5.74, 6) is 2.50. The summed E-state index contributed by atoms with van der Waals surface area (Å²) in [6, 6.07) is 12.8. The minimum absolute atomic E-state index is 0.158. The molecule has 136 valence electrons. The number of para-hydroxylation sites is 1. The molecule has 2 aromatic rings. The largest absolute Gasteiger partial charge is 0.492 e. The predicted octanol–water partition coefficient (Wildman–Crippen LogP) is 4.83. The highest BCUT2D eigenvalue weighted by Gasteiger charge is 2.56. The summed E-state index contributed by atoms with van der Waals surface area (Å²) in [6.45, 7) is 4.20. The quantitative estimate of drug-likeness (QED) is 0.406. The van der Waals surface area contributed by atoms with Crippen molar-refractivity contribution in [2.45, 2.75) is 36.6 Å². The average molecular weight is 416 g/mol. The molecule has 5 rings (SSSR count). The smallest absolute Gasteiger partial charge is 0.231 e. The first-order chi connectivity index (χ1) is 12.8. The molecule has 0 N–H and O–H groups in total. The predicted molar refractivity (Wildman–Crippen MR) is 105 cm³/mol. The maximum absolute atomic E-state index is 6.17. The molecule has 0 saturated carbocycles. The fourth-order valence-electron chi connectivity index (χ4n) is 4.46. The summed E-state index contributed by atoms with van der Waals surface area (Å²) in [7, 11) is 0. The van der Waals surface area contributed by atoms with Crippen molar-refractivity contribution in [1.82, 2.24) is 0 Å². The van der Waals surface area contributed by atoms with Crippen LogP contribution in [-0.4, -0.2) is 24.9 Å². The second kappa shape index (κ2) is 6.08. The summed E-state index contributed by atoms with van der Waals surface area (Å²) in [4.78, 5) is 2.65. The van der Waals surface area contributed by atoms with Gasteiger partial charge in [0.2, 0.25) is 6.79 Å². The molecule has 3 aliphatic heterocycles. The van der Waals surface area contributed by atoms with Gasteiger partial charge in [-0.25, -0.2) is 0 Å². The van der Waals surface area contributed by atoms with Crippen LogP contribution in [0, 0.1) is 0 Å². The Hall–Kier alpha value is -1.88. The van der Waals surface area contributed by atoms with Crippen LogP contribution in [0.3, 0.4) is 0 Å². The van der Waals surface area contributed by atoms with Crippen LogP contribution >= 0.6 is 15.9 Å². The van der Waals surface area contributed by atoms with Crippen LogP contribution in [0.25, 0.3) is 0 Å². The average Bonchev–Trinajstić information content (AvgIpc) is 3.33. The van der Waals surface area contributed by atoms with Gasteiger partial charge in [0.15, 0.2) is 11.5 Å². The van der Waals surface area contributed by atoms with E-state index in [9.17, 15) is 0 Å². The van der Waals surface area contributed by atoms with Crippen LogP contribution in [0.1, 0.15) is 37.3 Å². The van der Waals surface area contributed by atoms with E-state index in [0.29, 0.717) is 6.61 Å². The van der Waals surface area contributed by atoms with Crippen LogP contribution in [-0.2, 0) is 5.41 Å². The molecular formula is C21H22BrNO3. The van der Waals surface area contributed by atoms with Gasteiger partial charge in [-0.15, -0.1) is 0 Å². The van der Waals surface area contributed by atoms with E-state index >= 15 is 0 Å². The van der Waals surface area contributed by atoms with Crippen LogP contribution in [0.15, 0.2) is 36.4 Å². The van der Waals surface area contributed by atoms with Crippen molar-refractivity contribution in [3.8, 4) is 17.2 Å². The van der Waals surface area contributed by atoms with Crippen LogP contribution in [0.5, 0.6) is 17.2 Å². The molecule has 3 heterocycles. The molecule has 0 aromatic heterocycles. The third kappa shape index (κ3) is 2.13. The highest BCUT2D eigenvalue weighted by molar-refractivity contribution is 9.09. The highest BCUT2D eigenvalue weighted by Crippen LogP contribution is 2.58. The molecule has 26 heavy (non-hydrogen) atoms. The molecule has 0 radical (unpaired) electrons. The number of fused-ring (bicyclic) bond motifs is 5. The lowest BCUT2D eigenvalue weighted by atomic mass is 9.77. The number of hydrogen-bond donors (Lipinski definition) is 0. The Balaban J connectivity index is 1.62. The molecular weight excluding hydrogens is 394 g/mol. The van der Waals surface area contributed by atoms with Crippen molar-refractivity contribution in [1.29, 1.82) is 0 Å². The number of hydrogen-bond acceptors (Lipinski definition) is 4. The van der Waals surface area contributed by atoms with Crippen molar-refractivity contribution in [3.63, 3.8) is 0 Å². The van der Waals surface area contributed by atoms with Crippen LogP contribution < -0.4 is 19.1 Å². The van der Waals surface area contributed by atoms with Crippen molar-refractivity contribution in [2.24, 2.45) is 0 Å². The van der Waals surface area contributed by atoms with Gasteiger partial charge in [0.1, 0.15) is 17.3 Å². The van der Waals surface area contributed by atoms with Gasteiger partial charge in [-0.1, -0.05) is 53.9 Å². The first kappa shape index (κ1) is 16.3. The van der Waals surface area contributed by atoms with Gasteiger partial charge in [0.05, 0.1) is 5.41 Å². The van der Waals surface area contributed by atoms with Crippen LogP contribution in [0.4, 0.5) is 5.69 Å². The molecule has 0 bridgehead atoms. The van der Waals surface area contributed by atoms with E-state index in [1.807, 2.05) is 6.07 Å². The van der Waals surface area contributed by atoms with Gasteiger partial charge in [0.25, 0.3) is 0 Å². The molecule has 0 fully saturated rings. The SMILES string of the molecule is CCCCCN1c2ccccc2C2(COc3cc4c(cc32)OCO4)C1Br. The highest BCUT2D eigenvalue weighted by atomic mass is 79.9. The number of unbranched alkanes of at least 4 members (excludes halogenated alkanes) is 2. The van der Waals surface area contributed by atoms with E-state index in [1.54, 1.807) is 0 Å². The first-order valence-corrected chi connectivity index (χ1v) is 10.2. The third-order valence-corrected chi connectivity index (χ3v) is 7.06. The van der Waals surface area contributed by atoms with Crippen molar-refractivity contribution >= 4 is 21.6 Å². The fraction of sp³-hybridized carbons (Fsp3) is 0.429. The minimum Gasteiger partial charge on any atom is -0.492 e. The zero-order chi connectivity index (χ0) is 17.7. The van der Waals surface area contributed by atoms with E-state index in [1.165, 1.54) is 36.1 Å². The van der Waals surface area contributed by atoms with Gasteiger partial charge in [-0.05, 0) is 24.1 Å². The van der Waals surface area contributed by atoms with Gasteiger partial charge in [-0.3, -0.25) is 0 Å². The molecule has 2 unspecified atom stereocenters. The number of alkyl halides is 1. The molecule has 1 spiro atoms. The molecule has 2 aromatic carbocycles. The summed E-state index contributed by atoms with van der Waals surface area (Å²) in [5, 5.41) is 0. The zero-order valence-corrected chi connectivity index (χ0v) is 16.4. The molecule has 0 amide bonds. The van der Waals surface area contributed by atoms with E-state index in [2.05, 4.69) is 58.1 Å². The monoisotopic (exact) mass is 415 g/mol. The number of ether oxygens (including phenoxy) is 3. The Labute approximate surface area is 162 Å². The molecule has 2 atom stereocenters. The number of rotatable bonds is 4. The van der Waals surface area contributed by atoms with Gasteiger partial charge in [-0.2, -0.15) is 0 Å².